The number of carbonyl (C=O) groups excluding carboxylic acids is 1. The SMILES string of the molecule is CN(C1CC1)S(=O)(=O)c1ccc(C(=O)N(Cc2ccco2)c2nc3c(F)cc(F)cc3s2)cc1. The van der Waals surface area contributed by atoms with Crippen molar-refractivity contribution in [1.29, 1.82) is 0 Å². The van der Waals surface area contributed by atoms with Gasteiger partial charge in [-0.1, -0.05) is 11.3 Å². The Kier molecular flexibility index (Phi) is 5.70. The highest BCUT2D eigenvalue weighted by Crippen LogP contribution is 2.34. The first kappa shape index (κ1) is 22.6. The van der Waals surface area contributed by atoms with Gasteiger partial charge in [-0.05, 0) is 55.3 Å². The first-order valence-corrected chi connectivity index (χ1v) is 12.7. The zero-order chi connectivity index (χ0) is 24.0. The maximum atomic E-state index is 14.2. The molecule has 0 spiro atoms. The number of sulfonamides is 1. The Morgan fingerprint density at radius 1 is 1.18 bits per heavy atom. The van der Waals surface area contributed by atoms with E-state index >= 15 is 0 Å². The number of halogens is 2. The van der Waals surface area contributed by atoms with Gasteiger partial charge in [-0.2, -0.15) is 4.31 Å². The van der Waals surface area contributed by atoms with Gasteiger partial charge in [0.2, 0.25) is 10.0 Å². The lowest BCUT2D eigenvalue weighted by molar-refractivity contribution is 0.0983. The average molecular weight is 504 g/mol. The zero-order valence-electron chi connectivity index (χ0n) is 17.9. The predicted octanol–water partition coefficient (Wildman–Crippen LogP) is 4.80. The topological polar surface area (TPSA) is 83.7 Å². The molecule has 11 heteroatoms. The predicted molar refractivity (Wildman–Crippen MR) is 123 cm³/mol. The van der Waals surface area contributed by atoms with Gasteiger partial charge in [0.15, 0.2) is 10.9 Å². The minimum Gasteiger partial charge on any atom is -0.467 e. The summed E-state index contributed by atoms with van der Waals surface area (Å²) in [6, 6.07) is 10.9. The fourth-order valence-corrected chi connectivity index (χ4v) is 5.99. The van der Waals surface area contributed by atoms with Crippen LogP contribution < -0.4 is 4.90 Å². The van der Waals surface area contributed by atoms with Gasteiger partial charge in [-0.25, -0.2) is 22.2 Å². The summed E-state index contributed by atoms with van der Waals surface area (Å²) >= 11 is 0.970. The largest absolute Gasteiger partial charge is 0.467 e. The van der Waals surface area contributed by atoms with Gasteiger partial charge in [0, 0.05) is 24.7 Å². The van der Waals surface area contributed by atoms with E-state index in [1.54, 1.807) is 19.2 Å². The lowest BCUT2D eigenvalue weighted by Gasteiger charge is -2.19. The second kappa shape index (κ2) is 8.57. The molecule has 0 radical (unpaired) electrons. The van der Waals surface area contributed by atoms with Crippen LogP contribution in [0.3, 0.4) is 0 Å². The van der Waals surface area contributed by atoms with Gasteiger partial charge in [0.1, 0.15) is 17.1 Å². The van der Waals surface area contributed by atoms with Crippen molar-refractivity contribution in [3.05, 3.63) is 77.8 Å². The summed E-state index contributed by atoms with van der Waals surface area (Å²) in [5.41, 5.74) is 0.175. The fraction of sp³-hybridized carbons (Fsp3) is 0.217. The standard InChI is InChI=1S/C23H19F2N3O4S2/c1-27(16-6-7-16)34(30,31)18-8-4-14(5-9-18)22(29)28(13-17-3-2-10-32-17)23-26-21-19(25)11-15(24)12-20(21)33-23/h2-5,8-12,16H,6-7,13H2,1H3. The van der Waals surface area contributed by atoms with Crippen molar-refractivity contribution in [1.82, 2.24) is 9.29 Å². The molecule has 0 bridgehead atoms. The molecule has 0 unspecified atom stereocenters. The van der Waals surface area contributed by atoms with Crippen molar-refractivity contribution >= 4 is 42.6 Å². The summed E-state index contributed by atoms with van der Waals surface area (Å²) in [6.07, 6.45) is 3.13. The second-order valence-electron chi connectivity index (χ2n) is 7.98. The minimum absolute atomic E-state index is 0.000222. The van der Waals surface area contributed by atoms with E-state index in [4.69, 9.17) is 4.42 Å². The maximum absolute atomic E-state index is 14.2. The summed E-state index contributed by atoms with van der Waals surface area (Å²) in [6.45, 7) is 0.000222. The third kappa shape index (κ3) is 4.22. The minimum atomic E-state index is -3.65. The highest BCUT2D eigenvalue weighted by atomic mass is 32.2. The molecule has 0 saturated heterocycles. The molecule has 34 heavy (non-hydrogen) atoms. The van der Waals surface area contributed by atoms with Gasteiger partial charge >= 0.3 is 0 Å². The third-order valence-electron chi connectivity index (χ3n) is 5.61. The first-order chi connectivity index (χ1) is 16.2. The van der Waals surface area contributed by atoms with Crippen LogP contribution in [0.2, 0.25) is 0 Å². The number of rotatable bonds is 7. The molecule has 7 nitrogen and oxygen atoms in total. The van der Waals surface area contributed by atoms with Crippen LogP contribution in [-0.4, -0.2) is 36.7 Å². The van der Waals surface area contributed by atoms with E-state index < -0.39 is 27.6 Å². The fourth-order valence-electron chi connectivity index (χ4n) is 3.57. The van der Waals surface area contributed by atoms with E-state index in [1.807, 2.05) is 0 Å². The van der Waals surface area contributed by atoms with Crippen molar-refractivity contribution in [2.45, 2.75) is 30.3 Å². The molecule has 2 aromatic carbocycles. The number of hydrogen-bond acceptors (Lipinski definition) is 6. The van der Waals surface area contributed by atoms with Crippen molar-refractivity contribution in [2.24, 2.45) is 0 Å². The lowest BCUT2D eigenvalue weighted by atomic mass is 10.2. The number of furan rings is 1. The zero-order valence-corrected chi connectivity index (χ0v) is 19.6. The molecule has 0 aliphatic heterocycles. The summed E-state index contributed by atoms with van der Waals surface area (Å²) in [4.78, 5) is 19.0. The monoisotopic (exact) mass is 503 g/mol. The number of hydrogen-bond donors (Lipinski definition) is 0. The molecule has 0 atom stereocenters. The molecular formula is C23H19F2N3O4S2. The van der Waals surface area contributed by atoms with Gasteiger partial charge in [-0.15, -0.1) is 0 Å². The molecule has 2 aromatic heterocycles. The third-order valence-corrected chi connectivity index (χ3v) is 8.56. The van der Waals surface area contributed by atoms with Crippen LogP contribution in [0.25, 0.3) is 10.2 Å². The highest BCUT2D eigenvalue weighted by molar-refractivity contribution is 7.89. The summed E-state index contributed by atoms with van der Waals surface area (Å²) in [7, 11) is -2.10. The molecule has 1 amide bonds. The molecule has 176 valence electrons. The highest BCUT2D eigenvalue weighted by Gasteiger charge is 2.35. The van der Waals surface area contributed by atoms with Crippen molar-refractivity contribution in [3.63, 3.8) is 0 Å². The van der Waals surface area contributed by atoms with Crippen molar-refractivity contribution in [2.75, 3.05) is 11.9 Å². The number of thiazole rings is 1. The number of aromatic nitrogens is 1. The number of amides is 1. The summed E-state index contributed by atoms with van der Waals surface area (Å²) in [5, 5.41) is 0.158. The quantitative estimate of drug-likeness (QED) is 0.362. The van der Waals surface area contributed by atoms with E-state index in [2.05, 4.69) is 4.98 Å². The van der Waals surface area contributed by atoms with E-state index in [-0.39, 0.29) is 38.4 Å². The number of benzene rings is 2. The number of fused-ring (bicyclic) bond motifs is 1. The van der Waals surface area contributed by atoms with Crippen LogP contribution in [0.5, 0.6) is 0 Å². The summed E-state index contributed by atoms with van der Waals surface area (Å²) in [5.74, 6) is -1.59. The number of carbonyl (C=O) groups is 1. The molecular weight excluding hydrogens is 484 g/mol. The molecule has 1 aliphatic carbocycles. The Morgan fingerprint density at radius 3 is 2.56 bits per heavy atom. The Balaban J connectivity index is 1.49. The van der Waals surface area contributed by atoms with Crippen molar-refractivity contribution < 1.29 is 26.4 Å². The van der Waals surface area contributed by atoms with Crippen molar-refractivity contribution in [3.8, 4) is 0 Å². The molecule has 1 fully saturated rings. The van der Waals surface area contributed by atoms with Crippen LogP contribution in [0.15, 0.2) is 64.1 Å². The smallest absolute Gasteiger partial charge is 0.260 e. The Hall–Kier alpha value is -3.15. The van der Waals surface area contributed by atoms with Crippen LogP contribution in [0, 0.1) is 11.6 Å². The van der Waals surface area contributed by atoms with E-state index in [9.17, 15) is 22.0 Å². The maximum Gasteiger partial charge on any atom is 0.260 e. The molecule has 1 saturated carbocycles. The second-order valence-corrected chi connectivity index (χ2v) is 11.0. The van der Waals surface area contributed by atoms with Gasteiger partial charge < -0.3 is 4.42 Å². The van der Waals surface area contributed by atoms with E-state index in [0.29, 0.717) is 5.76 Å². The van der Waals surface area contributed by atoms with Gasteiger partial charge in [0.25, 0.3) is 5.91 Å². The molecule has 5 rings (SSSR count). The number of anilines is 1. The van der Waals surface area contributed by atoms with E-state index in [1.165, 1.54) is 39.7 Å². The number of nitrogens with zero attached hydrogens (tertiary/aromatic N) is 3. The van der Waals surface area contributed by atoms with E-state index in [0.717, 1.165) is 36.3 Å². The van der Waals surface area contributed by atoms with Gasteiger partial charge in [-0.3, -0.25) is 9.69 Å². The Morgan fingerprint density at radius 2 is 1.91 bits per heavy atom. The van der Waals surface area contributed by atoms with Crippen LogP contribution >= 0.6 is 11.3 Å². The Bertz CT molecular complexity index is 1460. The molecule has 4 aromatic rings. The average Bonchev–Trinajstić information content (AvgIpc) is 3.36. The summed E-state index contributed by atoms with van der Waals surface area (Å²) < 4.78 is 60.4. The molecule has 0 N–H and O–H groups in total. The van der Waals surface area contributed by atoms with Crippen LogP contribution in [0.4, 0.5) is 13.9 Å². The Labute approximate surface area is 198 Å². The normalized spacial score (nSPS) is 14.1. The van der Waals surface area contributed by atoms with Crippen LogP contribution in [-0.2, 0) is 16.6 Å². The first-order valence-electron chi connectivity index (χ1n) is 10.4. The van der Waals surface area contributed by atoms with Crippen LogP contribution in [0.1, 0.15) is 29.0 Å². The molecule has 1 aliphatic rings. The lowest BCUT2D eigenvalue weighted by Crippen LogP contribution is -2.31. The molecule has 2 heterocycles. The van der Waals surface area contributed by atoms with Gasteiger partial charge in [0.05, 0.1) is 22.4 Å².